The van der Waals surface area contributed by atoms with E-state index in [1.807, 2.05) is 6.92 Å². The Morgan fingerprint density at radius 2 is 1.89 bits per heavy atom. The summed E-state index contributed by atoms with van der Waals surface area (Å²) in [6.45, 7) is 10.4. The summed E-state index contributed by atoms with van der Waals surface area (Å²) in [5.74, 6) is 0.622. The molecular formula is C11H22N6O. The van der Waals surface area contributed by atoms with Crippen LogP contribution in [0.5, 0.6) is 6.01 Å². The van der Waals surface area contributed by atoms with E-state index in [0.717, 1.165) is 26.2 Å². The number of nitrogens with one attached hydrogen (secondary N) is 1. The molecule has 0 spiro atoms. The largest absolute Gasteiger partial charge is 0.464 e. The van der Waals surface area contributed by atoms with Crippen molar-refractivity contribution in [3.05, 3.63) is 0 Å². The summed E-state index contributed by atoms with van der Waals surface area (Å²) in [6, 6.07) is 0.260. The van der Waals surface area contributed by atoms with Gasteiger partial charge in [-0.3, -0.25) is 0 Å². The molecule has 0 fully saturated rings. The van der Waals surface area contributed by atoms with E-state index in [-0.39, 0.29) is 12.0 Å². The molecule has 0 saturated heterocycles. The van der Waals surface area contributed by atoms with Crippen LogP contribution >= 0.6 is 0 Å². The molecule has 0 atom stereocenters. The summed E-state index contributed by atoms with van der Waals surface area (Å²) in [5, 5.41) is 3.12. The van der Waals surface area contributed by atoms with Crippen molar-refractivity contribution in [2.75, 3.05) is 43.8 Å². The van der Waals surface area contributed by atoms with Crippen molar-refractivity contribution in [3.63, 3.8) is 0 Å². The van der Waals surface area contributed by atoms with Crippen LogP contribution in [-0.2, 0) is 0 Å². The van der Waals surface area contributed by atoms with Crippen LogP contribution in [-0.4, -0.2) is 52.6 Å². The lowest BCUT2D eigenvalue weighted by molar-refractivity contribution is 0.310. The van der Waals surface area contributed by atoms with Gasteiger partial charge in [0.1, 0.15) is 0 Å². The molecule has 102 valence electrons. The Labute approximate surface area is 108 Å². The number of nitrogens with zero attached hydrogens (tertiary/aromatic N) is 4. The molecule has 3 N–H and O–H groups in total. The van der Waals surface area contributed by atoms with Crippen LogP contribution in [0.3, 0.4) is 0 Å². The Hall–Kier alpha value is -1.63. The lowest BCUT2D eigenvalue weighted by Crippen LogP contribution is -2.29. The Kier molecular flexibility index (Phi) is 6.13. The zero-order chi connectivity index (χ0) is 13.4. The summed E-state index contributed by atoms with van der Waals surface area (Å²) in [4.78, 5) is 14.3. The van der Waals surface area contributed by atoms with Gasteiger partial charge >= 0.3 is 6.01 Å². The van der Waals surface area contributed by atoms with Crippen LogP contribution in [0.2, 0.25) is 0 Å². The van der Waals surface area contributed by atoms with Crippen LogP contribution in [0.25, 0.3) is 0 Å². The van der Waals surface area contributed by atoms with Crippen molar-refractivity contribution < 1.29 is 4.74 Å². The molecule has 0 saturated carbocycles. The van der Waals surface area contributed by atoms with Gasteiger partial charge in [-0.2, -0.15) is 15.0 Å². The van der Waals surface area contributed by atoms with Gasteiger partial charge in [-0.05, 0) is 20.0 Å². The number of aromatic nitrogens is 3. The van der Waals surface area contributed by atoms with E-state index in [4.69, 9.17) is 10.5 Å². The van der Waals surface area contributed by atoms with Gasteiger partial charge in [-0.1, -0.05) is 13.8 Å². The average molecular weight is 254 g/mol. The monoisotopic (exact) mass is 254 g/mol. The third kappa shape index (κ3) is 4.70. The van der Waals surface area contributed by atoms with Gasteiger partial charge in [-0.15, -0.1) is 0 Å². The molecule has 0 radical (unpaired) electrons. The molecule has 1 rings (SSSR count). The average Bonchev–Trinajstić information content (AvgIpc) is 2.34. The molecule has 0 aromatic carbocycles. The van der Waals surface area contributed by atoms with Crippen LogP contribution < -0.4 is 15.8 Å². The second-order valence-electron chi connectivity index (χ2n) is 3.69. The van der Waals surface area contributed by atoms with Crippen LogP contribution in [0, 0.1) is 0 Å². The SMILES string of the molecule is CCOc1nc(N)nc(NCCN(CC)CC)n1. The first kappa shape index (κ1) is 14.4. The summed E-state index contributed by atoms with van der Waals surface area (Å²) in [7, 11) is 0. The molecule has 7 heteroatoms. The van der Waals surface area contributed by atoms with E-state index < -0.39 is 0 Å². The third-order valence-corrected chi connectivity index (χ3v) is 2.51. The standard InChI is InChI=1S/C11H22N6O/c1-4-17(5-2)8-7-13-10-14-9(12)15-11(16-10)18-6-3/h4-8H2,1-3H3,(H3,12,13,14,15,16). The second kappa shape index (κ2) is 7.65. The number of hydrogen-bond donors (Lipinski definition) is 2. The zero-order valence-electron chi connectivity index (χ0n) is 11.3. The van der Waals surface area contributed by atoms with Crippen LogP contribution in [0.4, 0.5) is 11.9 Å². The number of hydrogen-bond acceptors (Lipinski definition) is 7. The molecule has 0 amide bonds. The van der Waals surface area contributed by atoms with Gasteiger partial charge in [-0.25, -0.2) is 0 Å². The van der Waals surface area contributed by atoms with Crippen molar-refractivity contribution >= 4 is 11.9 Å². The topological polar surface area (TPSA) is 89.2 Å². The quantitative estimate of drug-likeness (QED) is 0.702. The fourth-order valence-corrected chi connectivity index (χ4v) is 1.51. The summed E-state index contributed by atoms with van der Waals surface area (Å²) >= 11 is 0. The van der Waals surface area contributed by atoms with E-state index in [1.54, 1.807) is 0 Å². The molecule has 1 aromatic heterocycles. The summed E-state index contributed by atoms with van der Waals surface area (Å²) in [6.07, 6.45) is 0. The van der Waals surface area contributed by atoms with E-state index in [0.29, 0.717) is 12.6 Å². The second-order valence-corrected chi connectivity index (χ2v) is 3.69. The highest BCUT2D eigenvalue weighted by Crippen LogP contribution is 2.08. The van der Waals surface area contributed by atoms with Crippen molar-refractivity contribution in [2.45, 2.75) is 20.8 Å². The predicted molar refractivity (Wildman–Crippen MR) is 71.7 cm³/mol. The van der Waals surface area contributed by atoms with Gasteiger partial charge in [0.15, 0.2) is 0 Å². The molecule has 0 bridgehead atoms. The Bertz CT molecular complexity index is 355. The minimum atomic E-state index is 0.166. The molecule has 7 nitrogen and oxygen atoms in total. The Morgan fingerprint density at radius 3 is 2.50 bits per heavy atom. The van der Waals surface area contributed by atoms with E-state index in [9.17, 15) is 0 Å². The van der Waals surface area contributed by atoms with Gasteiger partial charge in [0.05, 0.1) is 6.61 Å². The maximum Gasteiger partial charge on any atom is 0.323 e. The number of likely N-dealkylation sites (N-methyl/N-ethyl adjacent to an activating group) is 1. The molecule has 0 aliphatic rings. The number of nitrogen functional groups attached to an aromatic ring is 1. The molecule has 0 aliphatic carbocycles. The number of nitrogens with two attached hydrogens (primary N) is 1. The third-order valence-electron chi connectivity index (χ3n) is 2.51. The summed E-state index contributed by atoms with van der Waals surface area (Å²) < 4.78 is 5.20. The first-order valence-corrected chi connectivity index (χ1v) is 6.30. The smallest absolute Gasteiger partial charge is 0.323 e. The number of rotatable bonds is 8. The predicted octanol–water partition coefficient (Wildman–Crippen LogP) is 0.606. The zero-order valence-corrected chi connectivity index (χ0v) is 11.3. The first-order chi connectivity index (χ1) is 8.69. The van der Waals surface area contributed by atoms with Crippen LogP contribution in [0.1, 0.15) is 20.8 Å². The van der Waals surface area contributed by atoms with Gasteiger partial charge < -0.3 is 20.7 Å². The van der Waals surface area contributed by atoms with Crippen molar-refractivity contribution in [2.24, 2.45) is 0 Å². The Morgan fingerprint density at radius 1 is 1.17 bits per heavy atom. The van der Waals surface area contributed by atoms with Crippen molar-refractivity contribution in [1.29, 1.82) is 0 Å². The number of ether oxygens (including phenoxy) is 1. The molecule has 1 heterocycles. The fraction of sp³-hybridized carbons (Fsp3) is 0.727. The van der Waals surface area contributed by atoms with Gasteiger partial charge in [0.25, 0.3) is 0 Å². The molecule has 0 aliphatic heterocycles. The summed E-state index contributed by atoms with van der Waals surface area (Å²) in [5.41, 5.74) is 5.58. The highest BCUT2D eigenvalue weighted by molar-refractivity contribution is 5.32. The maximum atomic E-state index is 5.58. The fourth-order valence-electron chi connectivity index (χ4n) is 1.51. The van der Waals surface area contributed by atoms with Gasteiger partial charge in [0.2, 0.25) is 11.9 Å². The molecule has 1 aromatic rings. The van der Waals surface area contributed by atoms with Crippen molar-refractivity contribution in [3.8, 4) is 6.01 Å². The molecular weight excluding hydrogens is 232 g/mol. The lowest BCUT2D eigenvalue weighted by atomic mass is 10.4. The van der Waals surface area contributed by atoms with Crippen LogP contribution in [0.15, 0.2) is 0 Å². The Balaban J connectivity index is 2.51. The number of anilines is 2. The highest BCUT2D eigenvalue weighted by atomic mass is 16.5. The van der Waals surface area contributed by atoms with E-state index in [2.05, 4.69) is 39.0 Å². The lowest BCUT2D eigenvalue weighted by Gasteiger charge is -2.17. The minimum Gasteiger partial charge on any atom is -0.464 e. The van der Waals surface area contributed by atoms with Gasteiger partial charge in [0, 0.05) is 13.1 Å². The maximum absolute atomic E-state index is 5.58. The first-order valence-electron chi connectivity index (χ1n) is 6.30. The van der Waals surface area contributed by atoms with Crippen molar-refractivity contribution in [1.82, 2.24) is 19.9 Å². The highest BCUT2D eigenvalue weighted by Gasteiger charge is 2.05. The van der Waals surface area contributed by atoms with E-state index in [1.165, 1.54) is 0 Å². The minimum absolute atomic E-state index is 0.166. The van der Waals surface area contributed by atoms with E-state index >= 15 is 0 Å². The normalized spacial score (nSPS) is 10.7. The molecule has 0 unspecified atom stereocenters. The molecule has 18 heavy (non-hydrogen) atoms.